The second-order valence-corrected chi connectivity index (χ2v) is 4.00. The third-order valence-electron chi connectivity index (χ3n) is 2.74. The molecule has 0 bridgehead atoms. The van der Waals surface area contributed by atoms with Crippen molar-refractivity contribution in [3.05, 3.63) is 0 Å². The zero-order valence-electron chi connectivity index (χ0n) is 8.45. The molecule has 1 N–H and O–H groups in total. The van der Waals surface area contributed by atoms with E-state index in [-0.39, 0.29) is 6.23 Å². The molecule has 2 nitrogen and oxygen atoms in total. The minimum Gasteiger partial charge on any atom is -0.379 e. The average Bonchev–Trinajstić information content (AvgIpc) is 2.67. The van der Waals surface area contributed by atoms with Crippen molar-refractivity contribution in [1.29, 1.82) is 0 Å². The summed E-state index contributed by atoms with van der Waals surface area (Å²) in [6.07, 6.45) is 3.43. The lowest BCUT2D eigenvalue weighted by molar-refractivity contribution is 0.00869. The summed E-state index contributed by atoms with van der Waals surface area (Å²) in [5.74, 6) is 0.802. The van der Waals surface area contributed by atoms with Crippen LogP contribution in [0.4, 0.5) is 0 Å². The van der Waals surface area contributed by atoms with E-state index < -0.39 is 0 Å². The number of unbranched alkanes of at least 4 members (excludes halogenated alkanes) is 1. The first-order chi connectivity index (χ1) is 5.66. The Labute approximate surface area is 75.6 Å². The summed E-state index contributed by atoms with van der Waals surface area (Å²) in [6, 6.07) is 0.663. The molecule has 3 atom stereocenters. The summed E-state index contributed by atoms with van der Waals surface area (Å²) in [6.45, 7) is 7.38. The Hall–Kier alpha value is -0.0800. The molecule has 0 saturated heterocycles. The first kappa shape index (κ1) is 10.0. The number of nitrogens with zero attached hydrogens (tertiary/aromatic N) is 1. The number of hydrogen-bond donors (Lipinski definition) is 1. The summed E-state index contributed by atoms with van der Waals surface area (Å²) < 4.78 is 0. The molecule has 1 rings (SSSR count). The van der Waals surface area contributed by atoms with Crippen molar-refractivity contribution >= 4 is 0 Å². The van der Waals surface area contributed by atoms with E-state index in [1.807, 2.05) is 6.92 Å². The highest BCUT2D eigenvalue weighted by molar-refractivity contribution is 4.92. The van der Waals surface area contributed by atoms with Gasteiger partial charge in [-0.15, -0.1) is 0 Å². The number of hydrogen-bond acceptors (Lipinski definition) is 2. The van der Waals surface area contributed by atoms with Gasteiger partial charge in [-0.1, -0.05) is 20.3 Å². The van der Waals surface area contributed by atoms with Crippen molar-refractivity contribution in [1.82, 2.24) is 4.90 Å². The van der Waals surface area contributed by atoms with Crippen molar-refractivity contribution in [2.75, 3.05) is 6.54 Å². The van der Waals surface area contributed by atoms with E-state index in [4.69, 9.17) is 0 Å². The quantitative estimate of drug-likeness (QED) is 0.638. The Kier molecular flexibility index (Phi) is 3.53. The normalized spacial score (nSPS) is 30.8. The first-order valence-electron chi connectivity index (χ1n) is 5.10. The number of aliphatic hydroxyl groups excluding tert-OH is 1. The molecule has 12 heavy (non-hydrogen) atoms. The average molecular weight is 171 g/mol. The van der Waals surface area contributed by atoms with Gasteiger partial charge in [0, 0.05) is 12.6 Å². The molecule has 1 aliphatic rings. The van der Waals surface area contributed by atoms with Crippen LogP contribution in [0.5, 0.6) is 0 Å². The summed E-state index contributed by atoms with van der Waals surface area (Å²) in [5, 5.41) is 9.49. The van der Waals surface area contributed by atoms with Crippen LogP contribution in [0.15, 0.2) is 0 Å². The van der Waals surface area contributed by atoms with Gasteiger partial charge >= 0.3 is 0 Å². The molecule has 72 valence electrons. The molecule has 0 aliphatic heterocycles. The van der Waals surface area contributed by atoms with Gasteiger partial charge in [-0.3, -0.25) is 4.90 Å². The smallest absolute Gasteiger partial charge is 0.104 e. The van der Waals surface area contributed by atoms with E-state index in [2.05, 4.69) is 18.7 Å². The molecule has 0 radical (unpaired) electrons. The van der Waals surface area contributed by atoms with Crippen LogP contribution in [0.2, 0.25) is 0 Å². The predicted octanol–water partition coefficient (Wildman–Crippen LogP) is 1.84. The summed E-state index contributed by atoms with van der Waals surface area (Å²) in [4.78, 5) is 2.23. The standard InChI is InChI=1S/C10H21NO/c1-4-5-6-11(9(3)12)10-7-8(10)2/h8-10,12H,4-7H2,1-3H3. The SMILES string of the molecule is CCCCN(C(C)O)C1CC1C. The van der Waals surface area contributed by atoms with Gasteiger partial charge in [0.05, 0.1) is 0 Å². The fraction of sp³-hybridized carbons (Fsp3) is 1.00. The highest BCUT2D eigenvalue weighted by atomic mass is 16.3. The highest BCUT2D eigenvalue weighted by Crippen LogP contribution is 2.35. The van der Waals surface area contributed by atoms with E-state index in [0.29, 0.717) is 6.04 Å². The molecule has 0 aromatic rings. The van der Waals surface area contributed by atoms with Gasteiger partial charge in [0.25, 0.3) is 0 Å². The van der Waals surface area contributed by atoms with Gasteiger partial charge in [-0.05, 0) is 25.7 Å². The van der Waals surface area contributed by atoms with E-state index >= 15 is 0 Å². The van der Waals surface area contributed by atoms with E-state index in [1.165, 1.54) is 19.3 Å². The first-order valence-corrected chi connectivity index (χ1v) is 5.10. The molecule has 0 spiro atoms. The maximum Gasteiger partial charge on any atom is 0.104 e. The zero-order chi connectivity index (χ0) is 9.14. The van der Waals surface area contributed by atoms with Crippen LogP contribution in [0.3, 0.4) is 0 Å². The van der Waals surface area contributed by atoms with Crippen molar-refractivity contribution in [2.24, 2.45) is 5.92 Å². The Bertz CT molecular complexity index is 136. The molecule has 0 heterocycles. The fourth-order valence-corrected chi connectivity index (χ4v) is 1.74. The van der Waals surface area contributed by atoms with Crippen molar-refractivity contribution in [3.63, 3.8) is 0 Å². The Balaban J connectivity index is 2.29. The highest BCUT2D eigenvalue weighted by Gasteiger charge is 2.39. The van der Waals surface area contributed by atoms with Crippen LogP contribution in [-0.2, 0) is 0 Å². The van der Waals surface area contributed by atoms with Crippen LogP contribution < -0.4 is 0 Å². The van der Waals surface area contributed by atoms with Gasteiger partial charge in [0.2, 0.25) is 0 Å². The molecule has 3 unspecified atom stereocenters. The summed E-state index contributed by atoms with van der Waals surface area (Å²) in [5.41, 5.74) is 0. The fourth-order valence-electron chi connectivity index (χ4n) is 1.74. The van der Waals surface area contributed by atoms with Crippen molar-refractivity contribution < 1.29 is 5.11 Å². The van der Waals surface area contributed by atoms with E-state index in [1.54, 1.807) is 0 Å². The number of rotatable bonds is 5. The summed E-state index contributed by atoms with van der Waals surface area (Å²) in [7, 11) is 0. The van der Waals surface area contributed by atoms with Gasteiger partial charge in [0.1, 0.15) is 6.23 Å². The molecule has 0 aromatic carbocycles. The minimum absolute atomic E-state index is 0.258. The molecule has 1 saturated carbocycles. The van der Waals surface area contributed by atoms with Crippen LogP contribution in [0, 0.1) is 5.92 Å². The molecular weight excluding hydrogens is 150 g/mol. The lowest BCUT2D eigenvalue weighted by atomic mass is 10.3. The Morgan fingerprint density at radius 2 is 2.17 bits per heavy atom. The Morgan fingerprint density at radius 1 is 1.58 bits per heavy atom. The second kappa shape index (κ2) is 4.24. The largest absolute Gasteiger partial charge is 0.379 e. The van der Waals surface area contributed by atoms with E-state index in [0.717, 1.165) is 12.5 Å². The van der Waals surface area contributed by atoms with Gasteiger partial charge in [-0.2, -0.15) is 0 Å². The van der Waals surface area contributed by atoms with Gasteiger partial charge < -0.3 is 5.11 Å². The van der Waals surface area contributed by atoms with Crippen LogP contribution in [0.25, 0.3) is 0 Å². The number of aliphatic hydroxyl groups is 1. The Morgan fingerprint density at radius 3 is 2.50 bits per heavy atom. The third kappa shape index (κ3) is 2.46. The van der Waals surface area contributed by atoms with Crippen LogP contribution >= 0.6 is 0 Å². The second-order valence-electron chi connectivity index (χ2n) is 4.00. The zero-order valence-corrected chi connectivity index (χ0v) is 8.45. The summed E-state index contributed by atoms with van der Waals surface area (Å²) >= 11 is 0. The molecule has 0 amide bonds. The van der Waals surface area contributed by atoms with Crippen LogP contribution in [0.1, 0.15) is 40.0 Å². The topological polar surface area (TPSA) is 23.5 Å². The molecule has 1 fully saturated rings. The minimum atomic E-state index is -0.258. The lowest BCUT2D eigenvalue weighted by Crippen LogP contribution is -2.36. The predicted molar refractivity (Wildman–Crippen MR) is 50.9 cm³/mol. The maximum absolute atomic E-state index is 9.49. The third-order valence-corrected chi connectivity index (χ3v) is 2.74. The lowest BCUT2D eigenvalue weighted by Gasteiger charge is -2.25. The molecular formula is C10H21NO. The monoisotopic (exact) mass is 171 g/mol. The van der Waals surface area contributed by atoms with Crippen molar-refractivity contribution in [3.8, 4) is 0 Å². The van der Waals surface area contributed by atoms with Crippen molar-refractivity contribution in [2.45, 2.75) is 52.3 Å². The van der Waals surface area contributed by atoms with E-state index in [9.17, 15) is 5.11 Å². The van der Waals surface area contributed by atoms with Gasteiger partial charge in [-0.25, -0.2) is 0 Å². The van der Waals surface area contributed by atoms with Gasteiger partial charge in [0.15, 0.2) is 0 Å². The van der Waals surface area contributed by atoms with Crippen LogP contribution in [-0.4, -0.2) is 28.8 Å². The molecule has 2 heteroatoms. The molecule has 0 aromatic heterocycles. The maximum atomic E-state index is 9.49. The molecule has 1 aliphatic carbocycles.